The summed E-state index contributed by atoms with van der Waals surface area (Å²) in [5, 5.41) is 11.9. The number of hydrogen-bond donors (Lipinski definition) is 2. The van der Waals surface area contributed by atoms with Crippen molar-refractivity contribution in [2.75, 3.05) is 6.61 Å². The van der Waals surface area contributed by atoms with Crippen LogP contribution in [0.4, 0.5) is 4.79 Å². The third kappa shape index (κ3) is 2.14. The maximum Gasteiger partial charge on any atom is 0.408 e. The number of amides is 1. The van der Waals surface area contributed by atoms with Crippen LogP contribution in [0.1, 0.15) is 25.7 Å². The monoisotopic (exact) mass is 239 g/mol. The maximum absolute atomic E-state index is 11.5. The lowest BCUT2D eigenvalue weighted by molar-refractivity contribution is -0.147. The standard InChI is InChI=1S/C12H17NO4/c1-2-6-17-11(16)13-12(10(14)15)5-3-4-8-7-9(8)12/h2,8-9H,1,3-7H2,(H,13,16)(H,14,15). The van der Waals surface area contributed by atoms with Gasteiger partial charge in [0.05, 0.1) is 0 Å². The smallest absolute Gasteiger partial charge is 0.408 e. The Bertz CT molecular complexity index is 354. The van der Waals surface area contributed by atoms with Crippen molar-refractivity contribution in [1.29, 1.82) is 0 Å². The van der Waals surface area contributed by atoms with E-state index in [1.807, 2.05) is 0 Å². The van der Waals surface area contributed by atoms with Gasteiger partial charge < -0.3 is 15.2 Å². The molecular weight excluding hydrogens is 222 g/mol. The van der Waals surface area contributed by atoms with Crippen LogP contribution in [0.3, 0.4) is 0 Å². The number of carbonyl (C=O) groups is 2. The van der Waals surface area contributed by atoms with E-state index < -0.39 is 17.6 Å². The van der Waals surface area contributed by atoms with Gasteiger partial charge in [-0.05, 0) is 31.1 Å². The van der Waals surface area contributed by atoms with E-state index in [4.69, 9.17) is 4.74 Å². The van der Waals surface area contributed by atoms with E-state index in [-0.39, 0.29) is 12.5 Å². The maximum atomic E-state index is 11.5. The summed E-state index contributed by atoms with van der Waals surface area (Å²) in [7, 11) is 0. The fourth-order valence-corrected chi connectivity index (χ4v) is 2.83. The van der Waals surface area contributed by atoms with Crippen molar-refractivity contribution in [3.63, 3.8) is 0 Å². The molecule has 3 unspecified atom stereocenters. The summed E-state index contributed by atoms with van der Waals surface area (Å²) in [5.41, 5.74) is -1.11. The van der Waals surface area contributed by atoms with Crippen molar-refractivity contribution in [3.8, 4) is 0 Å². The van der Waals surface area contributed by atoms with Crippen LogP contribution in [0, 0.1) is 11.8 Å². The van der Waals surface area contributed by atoms with Crippen LogP contribution < -0.4 is 5.32 Å². The summed E-state index contributed by atoms with van der Waals surface area (Å²) in [5.74, 6) is -0.412. The van der Waals surface area contributed by atoms with Gasteiger partial charge in [0.2, 0.25) is 0 Å². The van der Waals surface area contributed by atoms with E-state index in [1.165, 1.54) is 6.08 Å². The molecule has 94 valence electrons. The summed E-state index contributed by atoms with van der Waals surface area (Å²) in [4.78, 5) is 22.9. The van der Waals surface area contributed by atoms with Crippen molar-refractivity contribution in [2.45, 2.75) is 31.2 Å². The highest BCUT2D eigenvalue weighted by Gasteiger charge is 2.60. The van der Waals surface area contributed by atoms with E-state index in [2.05, 4.69) is 11.9 Å². The summed E-state index contributed by atoms with van der Waals surface area (Å²) >= 11 is 0. The minimum Gasteiger partial charge on any atom is -0.479 e. The highest BCUT2D eigenvalue weighted by atomic mass is 16.5. The quantitative estimate of drug-likeness (QED) is 0.730. The first-order valence-electron chi connectivity index (χ1n) is 5.89. The number of carboxylic acid groups (broad SMARTS) is 1. The second kappa shape index (κ2) is 4.39. The highest BCUT2D eigenvalue weighted by Crippen LogP contribution is 2.54. The van der Waals surface area contributed by atoms with Gasteiger partial charge in [-0.25, -0.2) is 9.59 Å². The van der Waals surface area contributed by atoms with Crippen LogP contribution in [0.25, 0.3) is 0 Å². The van der Waals surface area contributed by atoms with E-state index in [0.29, 0.717) is 12.3 Å². The lowest BCUT2D eigenvalue weighted by Gasteiger charge is -2.33. The molecule has 17 heavy (non-hydrogen) atoms. The van der Waals surface area contributed by atoms with Crippen molar-refractivity contribution in [2.24, 2.45) is 11.8 Å². The molecule has 2 aliphatic rings. The van der Waals surface area contributed by atoms with E-state index in [0.717, 1.165) is 19.3 Å². The van der Waals surface area contributed by atoms with Crippen molar-refractivity contribution in [3.05, 3.63) is 12.7 Å². The van der Waals surface area contributed by atoms with Gasteiger partial charge in [0.25, 0.3) is 0 Å². The predicted molar refractivity (Wildman–Crippen MR) is 60.5 cm³/mol. The zero-order valence-electron chi connectivity index (χ0n) is 9.65. The summed E-state index contributed by atoms with van der Waals surface area (Å²) in [6, 6.07) is 0. The van der Waals surface area contributed by atoms with E-state index in [9.17, 15) is 14.7 Å². The zero-order valence-corrected chi connectivity index (χ0v) is 9.65. The Morgan fingerprint density at radius 3 is 3.00 bits per heavy atom. The SMILES string of the molecule is C=CCOC(=O)NC1(C(=O)O)CCCC2CC21. The molecule has 0 radical (unpaired) electrons. The molecule has 0 aromatic carbocycles. The molecule has 0 aliphatic heterocycles. The normalized spacial score (nSPS) is 34.4. The molecule has 2 N–H and O–H groups in total. The van der Waals surface area contributed by atoms with Gasteiger partial charge in [-0.3, -0.25) is 0 Å². The number of fused-ring (bicyclic) bond motifs is 1. The average Bonchev–Trinajstić information content (AvgIpc) is 3.06. The second-order valence-electron chi connectivity index (χ2n) is 4.78. The van der Waals surface area contributed by atoms with E-state index >= 15 is 0 Å². The fraction of sp³-hybridized carbons (Fsp3) is 0.667. The van der Waals surface area contributed by atoms with Crippen LogP contribution in [0.15, 0.2) is 12.7 Å². The molecular formula is C12H17NO4. The Labute approximate surface area is 99.8 Å². The Morgan fingerprint density at radius 1 is 1.59 bits per heavy atom. The molecule has 0 spiro atoms. The average molecular weight is 239 g/mol. The minimum atomic E-state index is -1.11. The molecule has 2 rings (SSSR count). The lowest BCUT2D eigenvalue weighted by Crippen LogP contribution is -2.57. The fourth-order valence-electron chi connectivity index (χ4n) is 2.83. The molecule has 2 fully saturated rings. The van der Waals surface area contributed by atoms with Crippen LogP contribution in [0.2, 0.25) is 0 Å². The summed E-state index contributed by atoms with van der Waals surface area (Å²) in [6.45, 7) is 3.53. The van der Waals surface area contributed by atoms with Crippen molar-refractivity contribution < 1.29 is 19.4 Å². The van der Waals surface area contributed by atoms with Gasteiger partial charge in [-0.2, -0.15) is 0 Å². The molecule has 5 nitrogen and oxygen atoms in total. The molecule has 3 atom stereocenters. The van der Waals surface area contributed by atoms with Gasteiger partial charge in [0.15, 0.2) is 0 Å². The molecule has 2 aliphatic carbocycles. The van der Waals surface area contributed by atoms with Gasteiger partial charge >= 0.3 is 12.1 Å². The molecule has 0 heterocycles. The zero-order chi connectivity index (χ0) is 12.5. The number of aliphatic carboxylic acids is 1. The van der Waals surface area contributed by atoms with Crippen LogP contribution in [-0.4, -0.2) is 29.3 Å². The molecule has 2 saturated carbocycles. The van der Waals surface area contributed by atoms with Crippen LogP contribution in [0.5, 0.6) is 0 Å². The predicted octanol–water partition coefficient (Wildman–Crippen LogP) is 1.54. The van der Waals surface area contributed by atoms with Crippen LogP contribution in [-0.2, 0) is 9.53 Å². The Morgan fingerprint density at radius 2 is 2.35 bits per heavy atom. The van der Waals surface area contributed by atoms with Gasteiger partial charge in [-0.1, -0.05) is 19.1 Å². The Balaban J connectivity index is 2.04. The first-order valence-corrected chi connectivity index (χ1v) is 5.89. The van der Waals surface area contributed by atoms with Gasteiger partial charge in [0, 0.05) is 0 Å². The van der Waals surface area contributed by atoms with Crippen LogP contribution >= 0.6 is 0 Å². The highest BCUT2D eigenvalue weighted by molar-refractivity contribution is 5.85. The molecule has 0 saturated heterocycles. The first-order chi connectivity index (χ1) is 8.10. The third-order valence-electron chi connectivity index (χ3n) is 3.74. The number of ether oxygens (including phenoxy) is 1. The van der Waals surface area contributed by atoms with Crippen molar-refractivity contribution in [1.82, 2.24) is 5.32 Å². The Kier molecular flexibility index (Phi) is 3.09. The third-order valence-corrected chi connectivity index (χ3v) is 3.74. The molecule has 0 bridgehead atoms. The van der Waals surface area contributed by atoms with Gasteiger partial charge in [0.1, 0.15) is 12.1 Å². The van der Waals surface area contributed by atoms with Gasteiger partial charge in [-0.15, -0.1) is 0 Å². The summed E-state index contributed by atoms with van der Waals surface area (Å²) in [6.07, 6.45) is 4.09. The number of carboxylic acids is 1. The minimum absolute atomic E-state index is 0.0741. The number of rotatable bonds is 4. The molecule has 0 aromatic rings. The molecule has 0 aromatic heterocycles. The topological polar surface area (TPSA) is 75.6 Å². The molecule has 1 amide bonds. The largest absolute Gasteiger partial charge is 0.479 e. The Hall–Kier alpha value is -1.52. The number of alkyl carbamates (subject to hydrolysis) is 1. The summed E-state index contributed by atoms with van der Waals surface area (Å²) < 4.78 is 4.80. The molecule has 5 heteroatoms. The first kappa shape index (κ1) is 12.0. The number of nitrogens with one attached hydrogen (secondary N) is 1. The number of hydrogen-bond acceptors (Lipinski definition) is 3. The second-order valence-corrected chi connectivity index (χ2v) is 4.78. The van der Waals surface area contributed by atoms with Crippen molar-refractivity contribution >= 4 is 12.1 Å². The lowest BCUT2D eigenvalue weighted by atomic mass is 9.81. The number of carbonyl (C=O) groups excluding carboxylic acids is 1. The van der Waals surface area contributed by atoms with E-state index in [1.54, 1.807) is 0 Å².